The van der Waals surface area contributed by atoms with Crippen LogP contribution in [0.15, 0.2) is 54.6 Å². The number of ether oxygens (including phenoxy) is 2. The van der Waals surface area contributed by atoms with Gasteiger partial charge in [-0.05, 0) is 74.5 Å². The average Bonchev–Trinajstić information content (AvgIpc) is 3.48. The number of likely N-dealkylation sites (N-methyl/N-ethyl adjacent to an activating group) is 1. The van der Waals surface area contributed by atoms with Crippen LogP contribution in [-0.2, 0) is 20.0 Å². The second-order valence-corrected chi connectivity index (χ2v) is 9.77. The molecule has 1 aromatic heterocycles. The second kappa shape index (κ2) is 10.1. The first-order valence-electron chi connectivity index (χ1n) is 12.4. The summed E-state index contributed by atoms with van der Waals surface area (Å²) in [6.07, 6.45) is 2.97. The Kier molecular flexibility index (Phi) is 6.77. The maximum Gasteiger partial charge on any atom is 0.272 e. The van der Waals surface area contributed by atoms with Gasteiger partial charge in [0.15, 0.2) is 11.5 Å². The fourth-order valence-corrected chi connectivity index (χ4v) is 5.41. The van der Waals surface area contributed by atoms with Crippen LogP contribution in [0.2, 0.25) is 0 Å². The Morgan fingerprint density at radius 3 is 2.51 bits per heavy atom. The van der Waals surface area contributed by atoms with Crippen molar-refractivity contribution >= 4 is 5.91 Å². The van der Waals surface area contributed by atoms with Crippen LogP contribution in [0.5, 0.6) is 11.5 Å². The number of likely N-dealkylation sites (tertiary alicyclic amines) is 1. The Hall–Kier alpha value is -3.32. The zero-order valence-corrected chi connectivity index (χ0v) is 20.8. The van der Waals surface area contributed by atoms with E-state index in [4.69, 9.17) is 9.47 Å². The molecule has 1 fully saturated rings. The molecule has 1 atom stereocenters. The molecule has 35 heavy (non-hydrogen) atoms. The second-order valence-electron chi connectivity index (χ2n) is 9.77. The van der Waals surface area contributed by atoms with Crippen LogP contribution >= 0.6 is 0 Å². The van der Waals surface area contributed by atoms with Crippen molar-refractivity contribution in [1.82, 2.24) is 19.6 Å². The van der Waals surface area contributed by atoms with Gasteiger partial charge in [-0.1, -0.05) is 36.4 Å². The molecule has 0 bridgehead atoms. The van der Waals surface area contributed by atoms with Crippen molar-refractivity contribution in [2.45, 2.75) is 38.8 Å². The Morgan fingerprint density at radius 1 is 1.06 bits per heavy atom. The lowest BCUT2D eigenvalue weighted by atomic mass is 9.84. The van der Waals surface area contributed by atoms with Gasteiger partial charge in [0.25, 0.3) is 5.91 Å². The first kappa shape index (κ1) is 23.4. The molecule has 0 aliphatic carbocycles. The van der Waals surface area contributed by atoms with Crippen molar-refractivity contribution in [2.75, 3.05) is 26.9 Å². The number of amides is 1. The number of aryl methyl sites for hydroxylation is 2. The Balaban J connectivity index is 1.28. The summed E-state index contributed by atoms with van der Waals surface area (Å²) in [4.78, 5) is 17.9. The molecule has 0 spiro atoms. The summed E-state index contributed by atoms with van der Waals surface area (Å²) >= 11 is 0. The fourth-order valence-electron chi connectivity index (χ4n) is 5.41. The number of fused-ring (bicyclic) bond motifs is 1. The lowest BCUT2D eigenvalue weighted by Gasteiger charge is -2.40. The zero-order valence-electron chi connectivity index (χ0n) is 20.8. The van der Waals surface area contributed by atoms with E-state index in [2.05, 4.69) is 46.4 Å². The largest absolute Gasteiger partial charge is 0.454 e. The molecule has 0 unspecified atom stereocenters. The summed E-state index contributed by atoms with van der Waals surface area (Å²) in [5, 5.41) is 4.39. The lowest BCUT2D eigenvalue weighted by molar-refractivity contribution is 0.0575. The highest BCUT2D eigenvalue weighted by atomic mass is 16.7. The van der Waals surface area contributed by atoms with Crippen LogP contribution in [0.4, 0.5) is 0 Å². The molecule has 0 radical (unpaired) electrons. The maximum atomic E-state index is 13.5. The first-order chi connectivity index (χ1) is 17.0. The minimum Gasteiger partial charge on any atom is -0.454 e. The minimum atomic E-state index is 0.0387. The normalized spacial score (nSPS) is 16.9. The minimum absolute atomic E-state index is 0.0387. The van der Waals surface area contributed by atoms with E-state index in [1.54, 1.807) is 4.68 Å². The SMILES string of the molecule is Cc1cc(C(=O)N(C)[C@@H](Cc2ccccc2)C2CCN(Cc3ccc4c(c3)OCO4)CC2)n(C)n1. The summed E-state index contributed by atoms with van der Waals surface area (Å²) in [6.45, 7) is 5.15. The van der Waals surface area contributed by atoms with Crippen molar-refractivity contribution in [2.24, 2.45) is 13.0 Å². The Bertz CT molecular complexity index is 1170. The molecule has 5 rings (SSSR count). The number of benzene rings is 2. The van der Waals surface area contributed by atoms with E-state index in [0.717, 1.165) is 56.1 Å². The number of piperidine rings is 1. The Morgan fingerprint density at radius 2 is 1.80 bits per heavy atom. The smallest absolute Gasteiger partial charge is 0.272 e. The molecule has 7 heteroatoms. The molecule has 2 aromatic carbocycles. The van der Waals surface area contributed by atoms with E-state index in [1.165, 1.54) is 11.1 Å². The van der Waals surface area contributed by atoms with Gasteiger partial charge >= 0.3 is 0 Å². The average molecular weight is 475 g/mol. The van der Waals surface area contributed by atoms with Crippen molar-refractivity contribution in [3.63, 3.8) is 0 Å². The molecule has 7 nitrogen and oxygen atoms in total. The maximum absolute atomic E-state index is 13.5. The molecule has 0 saturated carbocycles. The standard InChI is InChI=1S/C28H34N4O3/c1-20-15-25(31(3)29-20)28(33)30(2)24(16-21-7-5-4-6-8-21)23-11-13-32(14-12-23)18-22-9-10-26-27(17-22)35-19-34-26/h4-10,15,17,23-24H,11-14,16,18-19H2,1-3H3/t24-/m0/s1. The summed E-state index contributed by atoms with van der Waals surface area (Å²) in [5.74, 6) is 2.14. The summed E-state index contributed by atoms with van der Waals surface area (Å²) in [6, 6.07) is 18.7. The molecule has 3 heterocycles. The van der Waals surface area contributed by atoms with Crippen molar-refractivity contribution in [3.8, 4) is 11.5 Å². The monoisotopic (exact) mass is 474 g/mol. The Labute approximate surface area is 207 Å². The van der Waals surface area contributed by atoms with Crippen LogP contribution in [0.3, 0.4) is 0 Å². The van der Waals surface area contributed by atoms with Gasteiger partial charge in [-0.25, -0.2) is 0 Å². The van der Waals surface area contributed by atoms with Crippen LogP contribution in [-0.4, -0.2) is 58.5 Å². The molecular formula is C28H34N4O3. The highest BCUT2D eigenvalue weighted by molar-refractivity contribution is 5.92. The van der Waals surface area contributed by atoms with Crippen LogP contribution in [0.25, 0.3) is 0 Å². The third-order valence-corrected chi connectivity index (χ3v) is 7.35. The van der Waals surface area contributed by atoms with Gasteiger partial charge in [-0.2, -0.15) is 5.10 Å². The van der Waals surface area contributed by atoms with Gasteiger partial charge < -0.3 is 14.4 Å². The molecular weight excluding hydrogens is 440 g/mol. The van der Waals surface area contributed by atoms with Gasteiger partial charge in [0.1, 0.15) is 5.69 Å². The predicted octanol–water partition coefficient (Wildman–Crippen LogP) is 4.05. The van der Waals surface area contributed by atoms with Gasteiger partial charge in [0, 0.05) is 26.7 Å². The summed E-state index contributed by atoms with van der Waals surface area (Å²) < 4.78 is 12.7. The van der Waals surface area contributed by atoms with E-state index in [0.29, 0.717) is 18.4 Å². The van der Waals surface area contributed by atoms with Crippen molar-refractivity contribution in [3.05, 3.63) is 77.1 Å². The van der Waals surface area contributed by atoms with Crippen molar-refractivity contribution < 1.29 is 14.3 Å². The lowest BCUT2D eigenvalue weighted by Crippen LogP contribution is -2.47. The van der Waals surface area contributed by atoms with Crippen LogP contribution in [0, 0.1) is 12.8 Å². The van der Waals surface area contributed by atoms with E-state index in [-0.39, 0.29) is 11.9 Å². The van der Waals surface area contributed by atoms with Gasteiger partial charge in [-0.3, -0.25) is 14.4 Å². The fraction of sp³-hybridized carbons (Fsp3) is 0.429. The zero-order chi connectivity index (χ0) is 24.4. The molecule has 184 valence electrons. The predicted molar refractivity (Wildman–Crippen MR) is 135 cm³/mol. The highest BCUT2D eigenvalue weighted by Gasteiger charge is 2.33. The summed E-state index contributed by atoms with van der Waals surface area (Å²) in [7, 11) is 3.80. The third-order valence-electron chi connectivity index (χ3n) is 7.35. The van der Waals surface area contributed by atoms with Gasteiger partial charge in [0.05, 0.1) is 5.69 Å². The number of aromatic nitrogens is 2. The number of hydrogen-bond acceptors (Lipinski definition) is 5. The number of hydrogen-bond donors (Lipinski definition) is 0. The van der Waals surface area contributed by atoms with Crippen molar-refractivity contribution in [1.29, 1.82) is 0 Å². The number of nitrogens with zero attached hydrogens (tertiary/aromatic N) is 4. The first-order valence-corrected chi connectivity index (χ1v) is 12.4. The van der Waals surface area contributed by atoms with Crippen LogP contribution in [0.1, 0.15) is 40.2 Å². The number of carbonyl (C=O) groups excluding carboxylic acids is 1. The topological polar surface area (TPSA) is 59.8 Å². The molecule has 0 N–H and O–H groups in total. The van der Waals surface area contributed by atoms with E-state index in [9.17, 15) is 4.79 Å². The molecule has 1 saturated heterocycles. The summed E-state index contributed by atoms with van der Waals surface area (Å²) in [5.41, 5.74) is 4.01. The third kappa shape index (κ3) is 5.20. The molecule has 1 amide bonds. The van der Waals surface area contributed by atoms with Gasteiger partial charge in [-0.15, -0.1) is 0 Å². The molecule has 2 aliphatic rings. The van der Waals surface area contributed by atoms with Gasteiger partial charge in [0.2, 0.25) is 6.79 Å². The van der Waals surface area contributed by atoms with E-state index < -0.39 is 0 Å². The van der Waals surface area contributed by atoms with E-state index >= 15 is 0 Å². The molecule has 2 aliphatic heterocycles. The number of carbonyl (C=O) groups is 1. The quantitative estimate of drug-likeness (QED) is 0.517. The number of rotatable bonds is 7. The molecule has 3 aromatic rings. The van der Waals surface area contributed by atoms with E-state index in [1.807, 2.05) is 44.1 Å². The van der Waals surface area contributed by atoms with Crippen LogP contribution < -0.4 is 9.47 Å². The highest BCUT2D eigenvalue weighted by Crippen LogP contribution is 2.34.